The van der Waals surface area contributed by atoms with Crippen LogP contribution in [-0.4, -0.2) is 32.3 Å². The number of imidazole rings is 1. The zero-order valence-electron chi connectivity index (χ0n) is 13.0. The Morgan fingerprint density at radius 2 is 2.22 bits per heavy atom. The lowest BCUT2D eigenvalue weighted by Gasteiger charge is -2.34. The van der Waals surface area contributed by atoms with E-state index in [4.69, 9.17) is 4.98 Å². The number of hydrogen-bond donors (Lipinski definition) is 1. The highest BCUT2D eigenvalue weighted by atomic mass is 32.1. The van der Waals surface area contributed by atoms with E-state index in [1.807, 2.05) is 36.1 Å². The number of carbonyl (C=O) groups is 1. The van der Waals surface area contributed by atoms with Gasteiger partial charge in [-0.3, -0.25) is 4.79 Å². The minimum atomic E-state index is 0.0187. The second-order valence-corrected chi connectivity index (χ2v) is 6.77. The number of H-pyrrole nitrogens is 1. The maximum absolute atomic E-state index is 12.9. The van der Waals surface area contributed by atoms with E-state index in [0.717, 1.165) is 53.2 Å². The van der Waals surface area contributed by atoms with Crippen molar-refractivity contribution < 1.29 is 4.79 Å². The van der Waals surface area contributed by atoms with Crippen molar-refractivity contribution >= 4 is 28.3 Å². The molecule has 3 heterocycles. The Kier molecular flexibility index (Phi) is 3.61. The number of aromatic nitrogens is 3. The molecule has 1 amide bonds. The largest absolute Gasteiger partial charge is 0.340 e. The number of hydrogen-bond acceptors (Lipinski definition) is 4. The lowest BCUT2D eigenvalue weighted by Crippen LogP contribution is -2.38. The van der Waals surface area contributed by atoms with E-state index >= 15 is 0 Å². The summed E-state index contributed by atoms with van der Waals surface area (Å²) in [6.45, 7) is 2.67. The van der Waals surface area contributed by atoms with Gasteiger partial charge in [0.25, 0.3) is 5.91 Å². The number of likely N-dealkylation sites (tertiary alicyclic amines) is 1. The zero-order valence-corrected chi connectivity index (χ0v) is 13.8. The Hall–Kier alpha value is -2.21. The number of amides is 1. The van der Waals surface area contributed by atoms with E-state index in [9.17, 15) is 4.79 Å². The summed E-state index contributed by atoms with van der Waals surface area (Å²) in [5, 5.41) is 0. The summed E-state index contributed by atoms with van der Waals surface area (Å²) < 4.78 is 0. The molecule has 5 nitrogen and oxygen atoms in total. The van der Waals surface area contributed by atoms with Crippen molar-refractivity contribution in [3.8, 4) is 0 Å². The van der Waals surface area contributed by atoms with E-state index in [1.54, 1.807) is 5.51 Å². The van der Waals surface area contributed by atoms with Gasteiger partial charge < -0.3 is 9.88 Å². The van der Waals surface area contributed by atoms with E-state index < -0.39 is 0 Å². The quantitative estimate of drug-likeness (QED) is 0.781. The number of aromatic amines is 1. The molecule has 6 heteroatoms. The third kappa shape index (κ3) is 2.53. The van der Waals surface area contributed by atoms with Crippen molar-refractivity contribution in [2.24, 2.45) is 0 Å². The summed E-state index contributed by atoms with van der Waals surface area (Å²) in [5.41, 5.74) is 4.53. The molecular formula is C17H18N4OS. The van der Waals surface area contributed by atoms with E-state index in [-0.39, 0.29) is 11.9 Å². The Morgan fingerprint density at radius 3 is 3.00 bits per heavy atom. The van der Waals surface area contributed by atoms with Gasteiger partial charge in [0, 0.05) is 6.54 Å². The number of benzene rings is 1. The molecule has 0 spiro atoms. The molecule has 3 aromatic rings. The van der Waals surface area contributed by atoms with Crippen LogP contribution in [0.5, 0.6) is 0 Å². The summed E-state index contributed by atoms with van der Waals surface area (Å²) in [4.78, 5) is 28.0. The molecule has 1 aromatic carbocycles. The van der Waals surface area contributed by atoms with Crippen LogP contribution in [0.1, 0.15) is 46.5 Å². The molecule has 1 fully saturated rings. The number of nitrogens with zero attached hydrogens (tertiary/aromatic N) is 3. The summed E-state index contributed by atoms with van der Waals surface area (Å²) in [5.74, 6) is 0.969. The topological polar surface area (TPSA) is 61.9 Å². The van der Waals surface area contributed by atoms with Crippen LogP contribution >= 0.6 is 11.3 Å². The Morgan fingerprint density at radius 1 is 1.35 bits per heavy atom. The molecule has 0 unspecified atom stereocenters. The fourth-order valence-electron chi connectivity index (χ4n) is 3.23. The molecule has 1 aliphatic heterocycles. The summed E-state index contributed by atoms with van der Waals surface area (Å²) >= 11 is 1.42. The van der Waals surface area contributed by atoms with Crippen molar-refractivity contribution in [3.63, 3.8) is 0 Å². The minimum Gasteiger partial charge on any atom is -0.340 e. The van der Waals surface area contributed by atoms with Crippen LogP contribution in [0.4, 0.5) is 0 Å². The van der Waals surface area contributed by atoms with Crippen LogP contribution in [0, 0.1) is 6.92 Å². The highest BCUT2D eigenvalue weighted by Gasteiger charge is 2.32. The van der Waals surface area contributed by atoms with Crippen LogP contribution < -0.4 is 0 Å². The van der Waals surface area contributed by atoms with Gasteiger partial charge in [0.2, 0.25) is 0 Å². The number of rotatable bonds is 2. The standard InChI is InChI=1S/C17H18N4OS/c1-11-15(23-10-18-11)17(22)21-9-5-4-8-14(21)16-19-12-6-2-3-7-13(12)20-16/h2-3,6-7,10,14H,4-5,8-9H2,1H3,(H,19,20)/t14-/m0/s1. The van der Waals surface area contributed by atoms with E-state index in [1.165, 1.54) is 11.3 Å². The van der Waals surface area contributed by atoms with Crippen LogP contribution in [0.15, 0.2) is 29.8 Å². The van der Waals surface area contributed by atoms with Crippen molar-refractivity contribution in [2.45, 2.75) is 32.2 Å². The molecule has 1 N–H and O–H groups in total. The monoisotopic (exact) mass is 326 g/mol. The smallest absolute Gasteiger partial charge is 0.266 e. The number of thiazole rings is 1. The van der Waals surface area contributed by atoms with Crippen molar-refractivity contribution in [1.29, 1.82) is 0 Å². The number of para-hydroxylation sites is 2. The molecule has 23 heavy (non-hydrogen) atoms. The first-order chi connectivity index (χ1) is 11.2. The maximum Gasteiger partial charge on any atom is 0.266 e. The number of aryl methyl sites for hydroxylation is 1. The van der Waals surface area contributed by atoms with Gasteiger partial charge in [0.05, 0.1) is 28.3 Å². The number of piperidine rings is 1. The average Bonchev–Trinajstić information content (AvgIpc) is 3.20. The van der Waals surface area contributed by atoms with Crippen LogP contribution in [-0.2, 0) is 0 Å². The summed E-state index contributed by atoms with van der Waals surface area (Å²) in [6.07, 6.45) is 3.11. The zero-order chi connectivity index (χ0) is 15.8. The second kappa shape index (κ2) is 5.77. The molecular weight excluding hydrogens is 308 g/mol. The molecule has 2 aromatic heterocycles. The molecule has 0 bridgehead atoms. The van der Waals surface area contributed by atoms with Gasteiger partial charge in [0.1, 0.15) is 10.7 Å². The third-order valence-corrected chi connectivity index (χ3v) is 5.34. The first-order valence-electron chi connectivity index (χ1n) is 7.90. The SMILES string of the molecule is Cc1ncsc1C(=O)N1CCCC[C@H]1c1nc2ccccc2[nH]1. The fourth-order valence-corrected chi connectivity index (χ4v) is 3.98. The first kappa shape index (κ1) is 14.4. The molecule has 118 valence electrons. The highest BCUT2D eigenvalue weighted by Crippen LogP contribution is 2.32. The maximum atomic E-state index is 12.9. The normalized spacial score (nSPS) is 18.5. The number of carbonyl (C=O) groups excluding carboxylic acids is 1. The predicted molar refractivity (Wildman–Crippen MR) is 90.6 cm³/mol. The van der Waals surface area contributed by atoms with Crippen LogP contribution in [0.25, 0.3) is 11.0 Å². The van der Waals surface area contributed by atoms with Gasteiger partial charge in [0.15, 0.2) is 0 Å². The van der Waals surface area contributed by atoms with Crippen LogP contribution in [0.3, 0.4) is 0 Å². The third-order valence-electron chi connectivity index (χ3n) is 4.43. The van der Waals surface area contributed by atoms with Crippen molar-refractivity contribution in [3.05, 3.63) is 46.2 Å². The molecule has 0 saturated carbocycles. The van der Waals surface area contributed by atoms with Gasteiger partial charge in [-0.2, -0.15) is 0 Å². The van der Waals surface area contributed by atoms with Crippen LogP contribution in [0.2, 0.25) is 0 Å². The summed E-state index contributed by atoms with van der Waals surface area (Å²) in [7, 11) is 0. The minimum absolute atomic E-state index is 0.0187. The number of nitrogens with one attached hydrogen (secondary N) is 1. The Bertz CT molecular complexity index is 820. The molecule has 0 aliphatic carbocycles. The highest BCUT2D eigenvalue weighted by molar-refractivity contribution is 7.11. The van der Waals surface area contributed by atoms with Gasteiger partial charge >= 0.3 is 0 Å². The van der Waals surface area contributed by atoms with Gasteiger partial charge in [-0.1, -0.05) is 12.1 Å². The lowest BCUT2D eigenvalue weighted by molar-refractivity contribution is 0.0605. The van der Waals surface area contributed by atoms with E-state index in [0.29, 0.717) is 0 Å². The molecule has 1 atom stereocenters. The summed E-state index contributed by atoms with van der Waals surface area (Å²) in [6, 6.07) is 8.02. The van der Waals surface area contributed by atoms with E-state index in [2.05, 4.69) is 9.97 Å². The predicted octanol–water partition coefficient (Wildman–Crippen LogP) is 3.70. The van der Waals surface area contributed by atoms with Gasteiger partial charge in [-0.15, -0.1) is 11.3 Å². The van der Waals surface area contributed by atoms with Gasteiger partial charge in [-0.05, 0) is 38.3 Å². The molecule has 0 radical (unpaired) electrons. The lowest BCUT2D eigenvalue weighted by atomic mass is 10.0. The Labute approximate surface area is 138 Å². The van der Waals surface area contributed by atoms with Crippen molar-refractivity contribution in [2.75, 3.05) is 6.54 Å². The van der Waals surface area contributed by atoms with Crippen molar-refractivity contribution in [1.82, 2.24) is 19.9 Å². The fraction of sp³-hybridized carbons (Fsp3) is 0.353. The number of fused-ring (bicyclic) bond motifs is 1. The molecule has 4 rings (SSSR count). The second-order valence-electron chi connectivity index (χ2n) is 5.92. The molecule has 1 aliphatic rings. The van der Waals surface area contributed by atoms with Gasteiger partial charge in [-0.25, -0.2) is 9.97 Å². The molecule has 1 saturated heterocycles. The first-order valence-corrected chi connectivity index (χ1v) is 8.77. The Balaban J connectivity index is 1.70. The average molecular weight is 326 g/mol.